The molecule has 0 aromatic heterocycles. The highest BCUT2D eigenvalue weighted by molar-refractivity contribution is 7.80. The number of thiocarbonyl (C=S) groups is 1. The highest BCUT2D eigenvalue weighted by Crippen LogP contribution is 2.21. The molecular weight excluding hydrogens is 346 g/mol. The first kappa shape index (κ1) is 19.7. The van der Waals surface area contributed by atoms with Crippen LogP contribution in [0.5, 0.6) is 5.75 Å². The lowest BCUT2D eigenvalue weighted by Crippen LogP contribution is -2.48. The molecule has 6 heteroatoms. The highest BCUT2D eigenvalue weighted by atomic mass is 32.1. The third-order valence-corrected chi connectivity index (χ3v) is 4.37. The van der Waals surface area contributed by atoms with Gasteiger partial charge in [0.25, 0.3) is 5.91 Å². The van der Waals surface area contributed by atoms with Gasteiger partial charge in [-0.05, 0) is 81.2 Å². The number of amides is 1. The Hall–Kier alpha value is -2.60. The number of carbonyl (C=O) groups is 1. The number of hydrogen-bond donors (Lipinski definition) is 3. The van der Waals surface area contributed by atoms with Gasteiger partial charge in [-0.3, -0.25) is 15.6 Å². The normalized spacial score (nSPS) is 11.4. The summed E-state index contributed by atoms with van der Waals surface area (Å²) < 4.78 is 5.76. The summed E-state index contributed by atoms with van der Waals surface area (Å²) >= 11 is 5.23. The van der Waals surface area contributed by atoms with Crippen molar-refractivity contribution in [2.75, 3.05) is 5.32 Å². The second-order valence-corrected chi connectivity index (χ2v) is 6.75. The number of anilines is 1. The molecule has 0 aliphatic rings. The van der Waals surface area contributed by atoms with Crippen LogP contribution in [0.15, 0.2) is 36.4 Å². The lowest BCUT2D eigenvalue weighted by Gasteiger charge is -2.18. The third kappa shape index (κ3) is 5.20. The van der Waals surface area contributed by atoms with Crippen molar-refractivity contribution in [2.45, 2.75) is 40.7 Å². The second kappa shape index (κ2) is 8.67. The standard InChI is InChI=1S/C20H25N3O2S/c1-12-9-10-14(3)17(11-12)21-20(26)23-22-19(24)16(5)25-18-8-6-7-13(2)15(18)4/h6-11,16H,1-5H3,(H,22,24)(H2,21,23,26)/t16-/m1/s1. The molecular formula is C20H25N3O2S. The molecule has 0 spiro atoms. The SMILES string of the molecule is Cc1ccc(C)c(NC(=S)NNC(=O)[C@@H](C)Oc2cccc(C)c2C)c1. The molecule has 3 N–H and O–H groups in total. The van der Waals surface area contributed by atoms with Crippen molar-refractivity contribution in [3.63, 3.8) is 0 Å². The number of ether oxygens (including phenoxy) is 1. The van der Waals surface area contributed by atoms with E-state index in [4.69, 9.17) is 17.0 Å². The Morgan fingerprint density at radius 2 is 1.77 bits per heavy atom. The number of aryl methyl sites for hydroxylation is 3. The minimum Gasteiger partial charge on any atom is -0.481 e. The van der Waals surface area contributed by atoms with Crippen LogP contribution >= 0.6 is 12.2 Å². The summed E-state index contributed by atoms with van der Waals surface area (Å²) in [5, 5.41) is 3.39. The third-order valence-electron chi connectivity index (χ3n) is 4.17. The van der Waals surface area contributed by atoms with Crippen molar-refractivity contribution < 1.29 is 9.53 Å². The van der Waals surface area contributed by atoms with E-state index < -0.39 is 6.10 Å². The fourth-order valence-corrected chi connectivity index (χ4v) is 2.50. The largest absolute Gasteiger partial charge is 0.481 e. The van der Waals surface area contributed by atoms with Crippen LogP contribution in [0.4, 0.5) is 5.69 Å². The van der Waals surface area contributed by atoms with Gasteiger partial charge >= 0.3 is 0 Å². The van der Waals surface area contributed by atoms with E-state index in [1.165, 1.54) is 0 Å². The van der Waals surface area contributed by atoms with E-state index in [9.17, 15) is 4.79 Å². The Balaban J connectivity index is 1.88. The average Bonchev–Trinajstić information content (AvgIpc) is 2.60. The fourth-order valence-electron chi connectivity index (χ4n) is 2.34. The van der Waals surface area contributed by atoms with Crippen LogP contribution in [0.2, 0.25) is 0 Å². The van der Waals surface area contributed by atoms with Crippen molar-refractivity contribution in [3.05, 3.63) is 58.7 Å². The Morgan fingerprint density at radius 3 is 2.50 bits per heavy atom. The van der Waals surface area contributed by atoms with E-state index in [1.54, 1.807) is 6.92 Å². The van der Waals surface area contributed by atoms with E-state index in [2.05, 4.69) is 16.2 Å². The van der Waals surface area contributed by atoms with Crippen LogP contribution in [-0.2, 0) is 4.79 Å². The molecule has 0 unspecified atom stereocenters. The highest BCUT2D eigenvalue weighted by Gasteiger charge is 2.16. The number of benzene rings is 2. The molecule has 26 heavy (non-hydrogen) atoms. The Morgan fingerprint density at radius 1 is 1.04 bits per heavy atom. The first-order valence-corrected chi connectivity index (χ1v) is 8.85. The monoisotopic (exact) mass is 371 g/mol. The van der Waals surface area contributed by atoms with Crippen molar-refractivity contribution in [1.82, 2.24) is 10.9 Å². The fraction of sp³-hybridized carbons (Fsp3) is 0.300. The molecule has 0 aliphatic carbocycles. The predicted octanol–water partition coefficient (Wildman–Crippen LogP) is 3.71. The van der Waals surface area contributed by atoms with E-state index in [0.29, 0.717) is 10.9 Å². The quantitative estimate of drug-likeness (QED) is 0.565. The van der Waals surface area contributed by atoms with Gasteiger partial charge in [-0.1, -0.05) is 24.3 Å². The maximum absolute atomic E-state index is 12.2. The lowest BCUT2D eigenvalue weighted by molar-refractivity contribution is -0.127. The number of rotatable bonds is 4. The predicted molar refractivity (Wildman–Crippen MR) is 109 cm³/mol. The van der Waals surface area contributed by atoms with Crippen LogP contribution in [0.25, 0.3) is 0 Å². The maximum atomic E-state index is 12.2. The van der Waals surface area contributed by atoms with Crippen LogP contribution in [-0.4, -0.2) is 17.1 Å². The molecule has 0 saturated carbocycles. The molecule has 0 saturated heterocycles. The number of carbonyl (C=O) groups excluding carboxylic acids is 1. The second-order valence-electron chi connectivity index (χ2n) is 6.34. The van der Waals surface area contributed by atoms with E-state index >= 15 is 0 Å². The van der Waals surface area contributed by atoms with Gasteiger partial charge in [0.05, 0.1) is 0 Å². The van der Waals surface area contributed by atoms with E-state index in [0.717, 1.165) is 27.9 Å². The topological polar surface area (TPSA) is 62.4 Å². The van der Waals surface area contributed by atoms with Gasteiger partial charge in [0.15, 0.2) is 11.2 Å². The zero-order valence-electron chi connectivity index (χ0n) is 15.8. The summed E-state index contributed by atoms with van der Waals surface area (Å²) in [5.74, 6) is 0.389. The van der Waals surface area contributed by atoms with Crippen LogP contribution < -0.4 is 20.9 Å². The van der Waals surface area contributed by atoms with Gasteiger partial charge in [-0.2, -0.15) is 0 Å². The minimum absolute atomic E-state index is 0.309. The van der Waals surface area contributed by atoms with E-state index in [-0.39, 0.29) is 5.91 Å². The minimum atomic E-state index is -0.661. The number of nitrogens with one attached hydrogen (secondary N) is 3. The molecule has 1 atom stereocenters. The molecule has 0 radical (unpaired) electrons. The number of hydrazine groups is 1. The molecule has 138 valence electrons. The van der Waals surface area contributed by atoms with Crippen LogP contribution in [0.1, 0.15) is 29.2 Å². The molecule has 2 rings (SSSR count). The van der Waals surface area contributed by atoms with Gasteiger partial charge in [0.1, 0.15) is 5.75 Å². The molecule has 0 aliphatic heterocycles. The molecule has 0 bridgehead atoms. The first-order chi connectivity index (χ1) is 12.3. The molecule has 1 amide bonds. The van der Waals surface area contributed by atoms with Crippen molar-refractivity contribution in [3.8, 4) is 5.75 Å². The summed E-state index contributed by atoms with van der Waals surface area (Å²) in [6.07, 6.45) is -0.661. The molecule has 2 aromatic carbocycles. The average molecular weight is 372 g/mol. The summed E-state index contributed by atoms with van der Waals surface area (Å²) in [6.45, 7) is 9.67. The summed E-state index contributed by atoms with van der Waals surface area (Å²) in [6, 6.07) is 11.8. The van der Waals surface area contributed by atoms with Crippen LogP contribution in [0, 0.1) is 27.7 Å². The van der Waals surface area contributed by atoms with Gasteiger partial charge in [-0.15, -0.1) is 0 Å². The van der Waals surface area contributed by atoms with Crippen LogP contribution in [0.3, 0.4) is 0 Å². The van der Waals surface area contributed by atoms with Gasteiger partial charge < -0.3 is 10.1 Å². The molecule has 0 fully saturated rings. The van der Waals surface area contributed by atoms with E-state index in [1.807, 2.05) is 64.1 Å². The zero-order valence-corrected chi connectivity index (χ0v) is 16.6. The maximum Gasteiger partial charge on any atom is 0.279 e. The summed E-state index contributed by atoms with van der Waals surface area (Å²) in [4.78, 5) is 12.2. The summed E-state index contributed by atoms with van der Waals surface area (Å²) in [7, 11) is 0. The van der Waals surface area contributed by atoms with Gasteiger partial charge in [0, 0.05) is 5.69 Å². The number of hydrogen-bond acceptors (Lipinski definition) is 3. The van der Waals surface area contributed by atoms with Gasteiger partial charge in [0.2, 0.25) is 0 Å². The van der Waals surface area contributed by atoms with Crippen molar-refractivity contribution in [2.24, 2.45) is 0 Å². The summed E-state index contributed by atoms with van der Waals surface area (Å²) in [5.41, 5.74) is 10.5. The lowest BCUT2D eigenvalue weighted by atomic mass is 10.1. The molecule has 2 aromatic rings. The smallest absolute Gasteiger partial charge is 0.279 e. The van der Waals surface area contributed by atoms with Crippen molar-refractivity contribution >= 4 is 28.9 Å². The Bertz CT molecular complexity index is 821. The zero-order chi connectivity index (χ0) is 19.3. The molecule has 5 nitrogen and oxygen atoms in total. The first-order valence-electron chi connectivity index (χ1n) is 8.45. The molecule has 0 heterocycles. The Kier molecular flexibility index (Phi) is 6.58. The van der Waals surface area contributed by atoms with Gasteiger partial charge in [-0.25, -0.2) is 0 Å². The Labute approximate surface area is 160 Å². The van der Waals surface area contributed by atoms with Crippen molar-refractivity contribution in [1.29, 1.82) is 0 Å².